The normalized spacial score (nSPS) is 10.8. The first-order valence-corrected chi connectivity index (χ1v) is 6.74. The smallest absolute Gasteiger partial charge is 0.267 e. The first kappa shape index (κ1) is 14.6. The van der Waals surface area contributed by atoms with Crippen molar-refractivity contribution in [3.8, 4) is 0 Å². The lowest BCUT2D eigenvalue weighted by Crippen LogP contribution is -2.25. The van der Waals surface area contributed by atoms with Gasteiger partial charge in [-0.1, -0.05) is 18.2 Å². The predicted octanol–water partition coefficient (Wildman–Crippen LogP) is 1.95. The van der Waals surface area contributed by atoms with E-state index in [4.69, 9.17) is 9.47 Å². The number of hydrogen-bond donors (Lipinski definition) is 2. The van der Waals surface area contributed by atoms with E-state index in [0.717, 1.165) is 17.3 Å². The minimum absolute atomic E-state index is 0.0851. The van der Waals surface area contributed by atoms with E-state index >= 15 is 0 Å². The number of para-hydroxylation sites is 1. The van der Waals surface area contributed by atoms with Crippen molar-refractivity contribution in [3.05, 3.63) is 36.0 Å². The molecule has 2 aromatic rings. The van der Waals surface area contributed by atoms with E-state index < -0.39 is 0 Å². The molecule has 0 fully saturated rings. The Morgan fingerprint density at radius 2 is 2.10 bits per heavy atom. The second-order valence-corrected chi connectivity index (χ2v) is 4.48. The molecule has 1 heterocycles. The van der Waals surface area contributed by atoms with Gasteiger partial charge in [0.05, 0.1) is 13.2 Å². The van der Waals surface area contributed by atoms with E-state index in [0.29, 0.717) is 32.1 Å². The van der Waals surface area contributed by atoms with Gasteiger partial charge in [0, 0.05) is 31.2 Å². The van der Waals surface area contributed by atoms with E-state index in [9.17, 15) is 4.79 Å². The highest BCUT2D eigenvalue weighted by Crippen LogP contribution is 2.14. The fourth-order valence-corrected chi connectivity index (χ4v) is 1.91. The van der Waals surface area contributed by atoms with Gasteiger partial charge in [-0.15, -0.1) is 0 Å². The topological polar surface area (TPSA) is 63.4 Å². The number of aromatic nitrogens is 1. The highest BCUT2D eigenvalue weighted by atomic mass is 16.5. The quantitative estimate of drug-likeness (QED) is 0.724. The summed E-state index contributed by atoms with van der Waals surface area (Å²) >= 11 is 0. The molecule has 0 aliphatic heterocycles. The molecule has 0 unspecified atom stereocenters. The maximum absolute atomic E-state index is 11.9. The van der Waals surface area contributed by atoms with E-state index in [1.807, 2.05) is 30.3 Å². The summed E-state index contributed by atoms with van der Waals surface area (Å²) in [5.41, 5.74) is 1.56. The Morgan fingerprint density at radius 3 is 2.90 bits per heavy atom. The molecule has 0 aliphatic carbocycles. The molecule has 0 spiro atoms. The van der Waals surface area contributed by atoms with Crippen LogP contribution < -0.4 is 5.32 Å². The minimum Gasteiger partial charge on any atom is -0.382 e. The van der Waals surface area contributed by atoms with Gasteiger partial charge in [0.25, 0.3) is 5.91 Å². The Bertz CT molecular complexity index is 518. The summed E-state index contributed by atoms with van der Waals surface area (Å²) in [6, 6.07) is 9.69. The highest BCUT2D eigenvalue weighted by Gasteiger charge is 2.08. The van der Waals surface area contributed by atoms with Crippen LogP contribution in [0.3, 0.4) is 0 Å². The zero-order chi connectivity index (χ0) is 14.2. The number of carbonyl (C=O) groups is 1. The van der Waals surface area contributed by atoms with E-state index in [2.05, 4.69) is 10.3 Å². The molecule has 0 radical (unpaired) electrons. The molecule has 2 N–H and O–H groups in total. The van der Waals surface area contributed by atoms with Crippen molar-refractivity contribution in [1.82, 2.24) is 10.3 Å². The van der Waals surface area contributed by atoms with Crippen molar-refractivity contribution < 1.29 is 14.3 Å². The fourth-order valence-electron chi connectivity index (χ4n) is 1.91. The summed E-state index contributed by atoms with van der Waals surface area (Å²) in [6.45, 7) is 2.41. The van der Waals surface area contributed by atoms with Crippen LogP contribution in [-0.2, 0) is 9.47 Å². The average molecular weight is 276 g/mol. The number of ether oxygens (including phenoxy) is 2. The number of fused-ring (bicyclic) bond motifs is 1. The summed E-state index contributed by atoms with van der Waals surface area (Å²) in [5, 5.41) is 3.91. The molecule has 20 heavy (non-hydrogen) atoms. The number of carbonyl (C=O) groups excluding carboxylic acids is 1. The van der Waals surface area contributed by atoms with E-state index in [1.165, 1.54) is 0 Å². The molecule has 1 amide bonds. The lowest BCUT2D eigenvalue weighted by Gasteiger charge is -2.05. The molecular formula is C15H20N2O3. The molecule has 1 aromatic heterocycles. The molecule has 1 aromatic carbocycles. The average Bonchev–Trinajstić information content (AvgIpc) is 2.90. The summed E-state index contributed by atoms with van der Waals surface area (Å²) in [5.74, 6) is -0.0851. The van der Waals surface area contributed by atoms with Gasteiger partial charge in [0.1, 0.15) is 5.69 Å². The molecule has 5 nitrogen and oxygen atoms in total. The summed E-state index contributed by atoms with van der Waals surface area (Å²) in [4.78, 5) is 15.1. The van der Waals surface area contributed by atoms with Crippen LogP contribution in [-0.4, -0.2) is 44.4 Å². The van der Waals surface area contributed by atoms with Gasteiger partial charge in [-0.2, -0.15) is 0 Å². The Labute approximate surface area is 118 Å². The molecule has 0 atom stereocenters. The van der Waals surface area contributed by atoms with Gasteiger partial charge in [-0.05, 0) is 18.6 Å². The Morgan fingerprint density at radius 1 is 1.25 bits per heavy atom. The van der Waals surface area contributed by atoms with Crippen molar-refractivity contribution in [1.29, 1.82) is 0 Å². The number of methoxy groups -OCH3 is 1. The van der Waals surface area contributed by atoms with Crippen LogP contribution in [0.5, 0.6) is 0 Å². The van der Waals surface area contributed by atoms with Gasteiger partial charge in [-0.25, -0.2) is 0 Å². The second kappa shape index (κ2) is 7.67. The Kier molecular flexibility index (Phi) is 5.58. The van der Waals surface area contributed by atoms with Crippen molar-refractivity contribution in [3.63, 3.8) is 0 Å². The first-order valence-electron chi connectivity index (χ1n) is 6.74. The highest BCUT2D eigenvalue weighted by molar-refractivity contribution is 5.97. The Balaban J connectivity index is 1.72. The number of aromatic amines is 1. The van der Waals surface area contributed by atoms with Crippen LogP contribution >= 0.6 is 0 Å². The molecule has 5 heteroatoms. The molecule has 0 aliphatic rings. The van der Waals surface area contributed by atoms with Gasteiger partial charge < -0.3 is 19.8 Å². The molecule has 0 saturated heterocycles. The molecule has 2 rings (SSSR count). The predicted molar refractivity (Wildman–Crippen MR) is 77.9 cm³/mol. The maximum Gasteiger partial charge on any atom is 0.267 e. The molecule has 108 valence electrons. The third-order valence-corrected chi connectivity index (χ3v) is 2.96. The Hall–Kier alpha value is -1.85. The lowest BCUT2D eigenvalue weighted by atomic mass is 10.2. The standard InChI is InChI=1S/C15H20N2O3/c1-19-9-10-20-8-4-7-16-15(18)14-11-12-5-2-3-6-13(12)17-14/h2-3,5-6,11,17H,4,7-10H2,1H3,(H,16,18). The van der Waals surface area contributed by atoms with Crippen LogP contribution in [0.15, 0.2) is 30.3 Å². The fraction of sp³-hybridized carbons (Fsp3) is 0.400. The zero-order valence-corrected chi connectivity index (χ0v) is 11.6. The summed E-state index contributed by atoms with van der Waals surface area (Å²) < 4.78 is 10.2. The van der Waals surface area contributed by atoms with Crippen molar-refractivity contribution >= 4 is 16.8 Å². The van der Waals surface area contributed by atoms with Crippen molar-refractivity contribution in [2.45, 2.75) is 6.42 Å². The monoisotopic (exact) mass is 276 g/mol. The second-order valence-electron chi connectivity index (χ2n) is 4.48. The number of nitrogens with one attached hydrogen (secondary N) is 2. The summed E-state index contributed by atoms with van der Waals surface area (Å²) in [6.07, 6.45) is 0.787. The van der Waals surface area contributed by atoms with Crippen LogP contribution in [0.2, 0.25) is 0 Å². The molecular weight excluding hydrogens is 256 g/mol. The molecule has 0 saturated carbocycles. The van der Waals surface area contributed by atoms with E-state index in [1.54, 1.807) is 7.11 Å². The third-order valence-electron chi connectivity index (χ3n) is 2.96. The van der Waals surface area contributed by atoms with Crippen molar-refractivity contribution in [2.24, 2.45) is 0 Å². The SMILES string of the molecule is COCCOCCCNC(=O)c1cc2ccccc2[nH]1. The number of H-pyrrole nitrogens is 1. The van der Waals surface area contributed by atoms with Crippen LogP contribution in [0.4, 0.5) is 0 Å². The minimum atomic E-state index is -0.0851. The van der Waals surface area contributed by atoms with Crippen LogP contribution in [0.25, 0.3) is 10.9 Å². The van der Waals surface area contributed by atoms with Gasteiger partial charge in [0.2, 0.25) is 0 Å². The van der Waals surface area contributed by atoms with Crippen LogP contribution in [0.1, 0.15) is 16.9 Å². The van der Waals surface area contributed by atoms with Crippen LogP contribution in [0, 0.1) is 0 Å². The third kappa shape index (κ3) is 4.08. The van der Waals surface area contributed by atoms with Crippen molar-refractivity contribution in [2.75, 3.05) is 33.5 Å². The van der Waals surface area contributed by atoms with E-state index in [-0.39, 0.29) is 5.91 Å². The molecule has 0 bridgehead atoms. The zero-order valence-electron chi connectivity index (χ0n) is 11.6. The number of rotatable bonds is 8. The van der Waals surface area contributed by atoms with Gasteiger partial charge in [-0.3, -0.25) is 4.79 Å². The number of hydrogen-bond acceptors (Lipinski definition) is 3. The number of benzene rings is 1. The summed E-state index contributed by atoms with van der Waals surface area (Å²) in [7, 11) is 1.64. The van der Waals surface area contributed by atoms with Gasteiger partial charge in [0.15, 0.2) is 0 Å². The lowest BCUT2D eigenvalue weighted by molar-refractivity contribution is 0.0688. The largest absolute Gasteiger partial charge is 0.382 e. The number of amides is 1. The first-order chi connectivity index (χ1) is 9.81. The maximum atomic E-state index is 11.9. The van der Waals surface area contributed by atoms with Gasteiger partial charge >= 0.3 is 0 Å².